The van der Waals surface area contributed by atoms with E-state index in [4.69, 9.17) is 14.4 Å². The van der Waals surface area contributed by atoms with Gasteiger partial charge in [-0.25, -0.2) is 9.97 Å². The standard InChI is InChI=1S/C55H38N2O/c1-55(2)47-16-8-6-13-44(47)45-32-31-42(33-48(45)55)37-23-29-40(30-24-37)50-34-49(56-54(57-50)41-11-4-3-5-12-41)39-27-21-36(22-28-39)35-19-25-38(26-20-35)43-15-10-18-52-53(43)46-14-7-9-17-51(46)58-52/h3-34H,1-2H3. The Hall–Kier alpha value is -7.36. The zero-order valence-electron chi connectivity index (χ0n) is 32.3. The minimum Gasteiger partial charge on any atom is -0.456 e. The minimum absolute atomic E-state index is 0.0392. The molecule has 3 heteroatoms. The van der Waals surface area contributed by atoms with Gasteiger partial charge in [0.05, 0.1) is 11.4 Å². The molecule has 0 aliphatic heterocycles. The largest absolute Gasteiger partial charge is 0.456 e. The molecule has 0 radical (unpaired) electrons. The van der Waals surface area contributed by atoms with Gasteiger partial charge in [0.25, 0.3) is 0 Å². The fourth-order valence-corrected chi connectivity index (χ4v) is 8.87. The fraction of sp³-hybridized carbons (Fsp3) is 0.0545. The molecule has 0 saturated heterocycles. The first-order valence-electron chi connectivity index (χ1n) is 19.9. The highest BCUT2D eigenvalue weighted by Crippen LogP contribution is 2.49. The Bertz CT molecular complexity index is 3160. The van der Waals surface area contributed by atoms with E-state index in [-0.39, 0.29) is 5.41 Å². The zero-order valence-corrected chi connectivity index (χ0v) is 32.3. The summed E-state index contributed by atoms with van der Waals surface area (Å²) in [5, 5.41) is 2.29. The van der Waals surface area contributed by atoms with Crippen LogP contribution in [0.25, 0.3) is 100 Å². The molecular formula is C55H38N2O. The minimum atomic E-state index is -0.0392. The van der Waals surface area contributed by atoms with Crippen LogP contribution < -0.4 is 0 Å². The molecule has 0 fully saturated rings. The van der Waals surface area contributed by atoms with Gasteiger partial charge in [-0.1, -0.05) is 184 Å². The maximum Gasteiger partial charge on any atom is 0.160 e. The fourth-order valence-electron chi connectivity index (χ4n) is 8.87. The summed E-state index contributed by atoms with van der Waals surface area (Å²) in [7, 11) is 0. The summed E-state index contributed by atoms with van der Waals surface area (Å²) in [4.78, 5) is 10.2. The van der Waals surface area contributed by atoms with Crippen LogP contribution in [0.5, 0.6) is 0 Å². The van der Waals surface area contributed by atoms with Crippen LogP contribution >= 0.6 is 0 Å². The summed E-state index contributed by atoms with van der Waals surface area (Å²) in [6, 6.07) is 68.9. The molecule has 3 nitrogen and oxygen atoms in total. The Labute approximate surface area is 338 Å². The van der Waals surface area contributed by atoms with E-state index in [0.29, 0.717) is 5.82 Å². The SMILES string of the molecule is CC1(C)c2ccccc2-c2ccc(-c3ccc(-c4cc(-c5ccc(-c6ccc(-c7cccc8oc9ccccc9c78)cc6)cc5)nc(-c5ccccc5)n4)cc3)cc21. The number of benzene rings is 8. The Morgan fingerprint density at radius 3 is 1.59 bits per heavy atom. The molecule has 0 bridgehead atoms. The van der Waals surface area contributed by atoms with Crippen molar-refractivity contribution in [2.75, 3.05) is 0 Å². The van der Waals surface area contributed by atoms with Gasteiger partial charge in [0.15, 0.2) is 5.82 Å². The summed E-state index contributed by atoms with van der Waals surface area (Å²) in [6.45, 7) is 4.66. The maximum absolute atomic E-state index is 6.16. The van der Waals surface area contributed by atoms with Crippen LogP contribution in [0.4, 0.5) is 0 Å². The van der Waals surface area contributed by atoms with Crippen molar-refractivity contribution in [1.82, 2.24) is 9.97 Å². The van der Waals surface area contributed by atoms with E-state index in [9.17, 15) is 0 Å². The van der Waals surface area contributed by atoms with Crippen molar-refractivity contribution in [3.63, 3.8) is 0 Å². The third-order valence-electron chi connectivity index (χ3n) is 12.0. The second-order valence-corrected chi connectivity index (χ2v) is 15.8. The van der Waals surface area contributed by atoms with Crippen LogP contribution in [0.2, 0.25) is 0 Å². The average molecular weight is 743 g/mol. The van der Waals surface area contributed by atoms with E-state index >= 15 is 0 Å². The topological polar surface area (TPSA) is 38.9 Å². The van der Waals surface area contributed by atoms with Crippen molar-refractivity contribution in [2.24, 2.45) is 0 Å². The number of nitrogens with zero attached hydrogens (tertiary/aromatic N) is 2. The molecule has 0 N–H and O–H groups in total. The molecule has 0 saturated carbocycles. The molecule has 274 valence electrons. The molecule has 10 aromatic rings. The summed E-state index contributed by atoms with van der Waals surface area (Å²) >= 11 is 0. The van der Waals surface area contributed by atoms with Crippen molar-refractivity contribution >= 4 is 21.9 Å². The molecule has 11 rings (SSSR count). The van der Waals surface area contributed by atoms with E-state index in [1.54, 1.807) is 0 Å². The lowest BCUT2D eigenvalue weighted by atomic mass is 9.81. The van der Waals surface area contributed by atoms with Gasteiger partial charge in [0.1, 0.15) is 11.2 Å². The molecule has 2 heterocycles. The Morgan fingerprint density at radius 1 is 0.362 bits per heavy atom. The van der Waals surface area contributed by atoms with Crippen molar-refractivity contribution in [3.05, 3.63) is 205 Å². The number of hydrogen-bond acceptors (Lipinski definition) is 3. The van der Waals surface area contributed by atoms with Crippen molar-refractivity contribution < 1.29 is 4.42 Å². The number of furan rings is 1. The van der Waals surface area contributed by atoms with Crippen LogP contribution in [-0.4, -0.2) is 9.97 Å². The third-order valence-corrected chi connectivity index (χ3v) is 12.0. The van der Waals surface area contributed by atoms with E-state index in [1.165, 1.54) is 38.9 Å². The van der Waals surface area contributed by atoms with E-state index < -0.39 is 0 Å². The predicted octanol–water partition coefficient (Wildman–Crippen LogP) is 14.7. The first-order valence-corrected chi connectivity index (χ1v) is 19.9. The number of fused-ring (bicyclic) bond motifs is 6. The molecular weight excluding hydrogens is 705 g/mol. The Kier molecular flexibility index (Phi) is 7.84. The average Bonchev–Trinajstić information content (AvgIpc) is 3.78. The third kappa shape index (κ3) is 5.66. The molecule has 58 heavy (non-hydrogen) atoms. The highest BCUT2D eigenvalue weighted by Gasteiger charge is 2.35. The Balaban J connectivity index is 0.901. The quantitative estimate of drug-likeness (QED) is 0.170. The van der Waals surface area contributed by atoms with Crippen LogP contribution in [0.3, 0.4) is 0 Å². The second-order valence-electron chi connectivity index (χ2n) is 15.8. The normalized spacial score (nSPS) is 12.8. The highest BCUT2D eigenvalue weighted by molar-refractivity contribution is 6.12. The van der Waals surface area contributed by atoms with Crippen molar-refractivity contribution in [1.29, 1.82) is 0 Å². The first kappa shape index (κ1) is 33.9. The van der Waals surface area contributed by atoms with Gasteiger partial charge in [-0.2, -0.15) is 0 Å². The summed E-state index contributed by atoms with van der Waals surface area (Å²) in [5.41, 5.74) is 19.1. The van der Waals surface area contributed by atoms with Crippen LogP contribution in [0.1, 0.15) is 25.0 Å². The molecule has 0 spiro atoms. The number of para-hydroxylation sites is 1. The molecule has 8 aromatic carbocycles. The van der Waals surface area contributed by atoms with Crippen LogP contribution in [0, 0.1) is 0 Å². The van der Waals surface area contributed by atoms with E-state index in [1.807, 2.05) is 36.4 Å². The van der Waals surface area contributed by atoms with Gasteiger partial charge in [-0.3, -0.25) is 0 Å². The summed E-state index contributed by atoms with van der Waals surface area (Å²) in [5.74, 6) is 0.706. The molecule has 0 unspecified atom stereocenters. The smallest absolute Gasteiger partial charge is 0.160 e. The van der Waals surface area contributed by atoms with Gasteiger partial charge in [-0.05, 0) is 79.9 Å². The van der Waals surface area contributed by atoms with Gasteiger partial charge < -0.3 is 4.42 Å². The highest BCUT2D eigenvalue weighted by atomic mass is 16.3. The molecule has 1 aliphatic rings. The Morgan fingerprint density at radius 2 is 0.879 bits per heavy atom. The zero-order chi connectivity index (χ0) is 38.8. The molecule has 0 atom stereocenters. The maximum atomic E-state index is 6.16. The molecule has 1 aliphatic carbocycles. The number of rotatable bonds is 6. The lowest BCUT2D eigenvalue weighted by Gasteiger charge is -2.22. The van der Waals surface area contributed by atoms with Crippen LogP contribution in [-0.2, 0) is 5.41 Å². The lowest BCUT2D eigenvalue weighted by molar-refractivity contribution is 0.660. The number of aromatic nitrogens is 2. The first-order chi connectivity index (χ1) is 28.5. The van der Waals surface area contributed by atoms with Crippen LogP contribution in [0.15, 0.2) is 199 Å². The van der Waals surface area contributed by atoms with Gasteiger partial charge in [-0.15, -0.1) is 0 Å². The van der Waals surface area contributed by atoms with E-state index in [2.05, 4.69) is 172 Å². The summed E-state index contributed by atoms with van der Waals surface area (Å²) < 4.78 is 6.16. The van der Waals surface area contributed by atoms with Crippen molar-refractivity contribution in [2.45, 2.75) is 19.3 Å². The van der Waals surface area contributed by atoms with Crippen molar-refractivity contribution in [3.8, 4) is 78.4 Å². The monoisotopic (exact) mass is 742 g/mol. The number of hydrogen-bond donors (Lipinski definition) is 0. The molecule has 2 aromatic heterocycles. The van der Waals surface area contributed by atoms with Gasteiger partial charge in [0.2, 0.25) is 0 Å². The lowest BCUT2D eigenvalue weighted by Crippen LogP contribution is -2.14. The van der Waals surface area contributed by atoms with Gasteiger partial charge in [0, 0.05) is 32.9 Å². The summed E-state index contributed by atoms with van der Waals surface area (Å²) in [6.07, 6.45) is 0. The molecule has 0 amide bonds. The second kappa shape index (κ2) is 13.4. The van der Waals surface area contributed by atoms with Gasteiger partial charge >= 0.3 is 0 Å². The van der Waals surface area contributed by atoms with E-state index in [0.717, 1.165) is 66.7 Å². The predicted molar refractivity (Wildman–Crippen MR) is 239 cm³/mol.